The smallest absolute Gasteiger partial charge is 0.293 e. The van der Waals surface area contributed by atoms with Crippen LogP contribution in [0.4, 0.5) is 11.4 Å². The predicted molar refractivity (Wildman–Crippen MR) is 120 cm³/mol. The second-order valence-electron chi connectivity index (χ2n) is 5.94. The molecule has 0 atom stereocenters. The first-order valence-electron chi connectivity index (χ1n) is 8.83. The Bertz CT molecular complexity index is 1040. The van der Waals surface area contributed by atoms with E-state index in [9.17, 15) is 9.59 Å². The summed E-state index contributed by atoms with van der Waals surface area (Å²) in [4.78, 5) is 27.0. The molecule has 2 amide bonds. The van der Waals surface area contributed by atoms with E-state index in [1.807, 2.05) is 37.3 Å². The monoisotopic (exact) mass is 471 g/mol. The molecule has 1 heterocycles. The lowest BCUT2D eigenvalue weighted by molar-refractivity contribution is 0.0948. The number of carbonyl (C=O) groups excluding carboxylic acids is 2. The largest absolute Gasteiger partial charge is 0.444 e. The molecular formula is C21H18BrN3O3S. The van der Waals surface area contributed by atoms with Crippen molar-refractivity contribution in [3.8, 4) is 0 Å². The Kier molecular flexibility index (Phi) is 6.79. The Balaban J connectivity index is 1.77. The molecule has 0 unspecified atom stereocenters. The van der Waals surface area contributed by atoms with Gasteiger partial charge in [0.1, 0.15) is 0 Å². The van der Waals surface area contributed by atoms with Gasteiger partial charge in [-0.15, -0.1) is 0 Å². The molecule has 6 nitrogen and oxygen atoms in total. The van der Waals surface area contributed by atoms with E-state index in [1.54, 1.807) is 35.2 Å². The number of para-hydroxylation sites is 2. The molecule has 0 aliphatic rings. The van der Waals surface area contributed by atoms with Crippen LogP contribution in [0.5, 0.6) is 0 Å². The number of rotatable bonds is 5. The molecule has 29 heavy (non-hydrogen) atoms. The minimum atomic E-state index is -0.489. The summed E-state index contributed by atoms with van der Waals surface area (Å²) in [5.41, 5.74) is 1.74. The maximum Gasteiger partial charge on any atom is 0.293 e. The minimum Gasteiger partial charge on any atom is -0.444 e. The fraction of sp³-hybridized carbons (Fsp3) is 0.0952. The molecule has 1 aromatic heterocycles. The van der Waals surface area contributed by atoms with Gasteiger partial charge in [-0.25, -0.2) is 0 Å². The number of furan rings is 1. The van der Waals surface area contributed by atoms with Crippen molar-refractivity contribution in [1.29, 1.82) is 0 Å². The van der Waals surface area contributed by atoms with E-state index < -0.39 is 5.91 Å². The molecule has 0 aliphatic heterocycles. The maximum atomic E-state index is 13.2. The van der Waals surface area contributed by atoms with Gasteiger partial charge in [0.15, 0.2) is 15.5 Å². The molecular weight excluding hydrogens is 454 g/mol. The van der Waals surface area contributed by atoms with E-state index in [0.29, 0.717) is 22.5 Å². The summed E-state index contributed by atoms with van der Waals surface area (Å²) in [6, 6.07) is 19.6. The summed E-state index contributed by atoms with van der Waals surface area (Å²) >= 11 is 8.38. The first kappa shape index (κ1) is 20.8. The molecule has 0 aliphatic carbocycles. The van der Waals surface area contributed by atoms with Crippen LogP contribution < -0.4 is 15.5 Å². The van der Waals surface area contributed by atoms with Crippen LogP contribution in [0.1, 0.15) is 27.8 Å². The van der Waals surface area contributed by atoms with Crippen LogP contribution >= 0.6 is 28.1 Å². The van der Waals surface area contributed by atoms with E-state index in [2.05, 4.69) is 26.6 Å². The SMILES string of the molecule is CCN(C(=O)c1ccccc1NC(=S)NC(=O)c1ccc(Br)o1)c1ccccc1. The summed E-state index contributed by atoms with van der Waals surface area (Å²) in [7, 11) is 0. The number of benzene rings is 2. The lowest BCUT2D eigenvalue weighted by Crippen LogP contribution is -2.35. The van der Waals surface area contributed by atoms with Crippen molar-refractivity contribution in [2.45, 2.75) is 6.92 Å². The maximum absolute atomic E-state index is 13.2. The fourth-order valence-corrected chi connectivity index (χ4v) is 3.24. The number of nitrogens with one attached hydrogen (secondary N) is 2. The Hall–Kier alpha value is -2.97. The van der Waals surface area contributed by atoms with Gasteiger partial charge < -0.3 is 14.6 Å². The number of thiocarbonyl (C=S) groups is 1. The topological polar surface area (TPSA) is 74.6 Å². The quantitative estimate of drug-likeness (QED) is 0.520. The normalized spacial score (nSPS) is 10.3. The Morgan fingerprint density at radius 3 is 2.38 bits per heavy atom. The summed E-state index contributed by atoms with van der Waals surface area (Å²) in [5.74, 6) is -0.547. The molecule has 148 valence electrons. The second-order valence-corrected chi connectivity index (χ2v) is 7.13. The molecule has 0 spiro atoms. The third kappa shape index (κ3) is 5.10. The first-order chi connectivity index (χ1) is 14.0. The highest BCUT2D eigenvalue weighted by Gasteiger charge is 2.20. The predicted octanol–water partition coefficient (Wildman–Crippen LogP) is 4.84. The van der Waals surface area contributed by atoms with Crippen molar-refractivity contribution in [3.63, 3.8) is 0 Å². The zero-order valence-corrected chi connectivity index (χ0v) is 17.9. The third-order valence-corrected chi connectivity index (χ3v) is 4.69. The molecule has 0 saturated heterocycles. The molecule has 0 saturated carbocycles. The Morgan fingerprint density at radius 2 is 1.72 bits per heavy atom. The fourth-order valence-electron chi connectivity index (χ4n) is 2.73. The molecule has 3 rings (SSSR count). The zero-order chi connectivity index (χ0) is 20.8. The van der Waals surface area contributed by atoms with Crippen molar-refractivity contribution in [3.05, 3.63) is 82.7 Å². The number of hydrogen-bond acceptors (Lipinski definition) is 4. The van der Waals surface area contributed by atoms with Crippen LogP contribution in [-0.2, 0) is 0 Å². The minimum absolute atomic E-state index is 0.0607. The summed E-state index contributed by atoms with van der Waals surface area (Å²) in [6.45, 7) is 2.42. The van der Waals surface area contributed by atoms with Gasteiger partial charge in [0.05, 0.1) is 11.3 Å². The molecule has 0 radical (unpaired) electrons. The molecule has 2 N–H and O–H groups in total. The standard InChI is InChI=1S/C21H18BrN3O3S/c1-2-25(14-8-4-3-5-9-14)20(27)15-10-6-7-11-16(15)23-21(29)24-19(26)17-12-13-18(22)28-17/h3-13H,2H2,1H3,(H2,23,24,26,29). The van der Waals surface area contributed by atoms with E-state index in [-0.39, 0.29) is 16.8 Å². The highest BCUT2D eigenvalue weighted by atomic mass is 79.9. The molecule has 2 aromatic carbocycles. The number of nitrogens with zero attached hydrogens (tertiary/aromatic N) is 1. The van der Waals surface area contributed by atoms with Gasteiger partial charge in [-0.2, -0.15) is 0 Å². The van der Waals surface area contributed by atoms with Crippen LogP contribution in [0.15, 0.2) is 75.8 Å². The number of carbonyl (C=O) groups is 2. The van der Waals surface area contributed by atoms with Gasteiger partial charge in [0.2, 0.25) is 0 Å². The van der Waals surface area contributed by atoms with Gasteiger partial charge in [0, 0.05) is 12.2 Å². The van der Waals surface area contributed by atoms with Crippen LogP contribution in [0.25, 0.3) is 0 Å². The van der Waals surface area contributed by atoms with E-state index in [0.717, 1.165) is 5.69 Å². The molecule has 0 fully saturated rings. The second kappa shape index (κ2) is 9.49. The number of anilines is 2. The summed E-state index contributed by atoms with van der Waals surface area (Å²) < 4.78 is 5.65. The van der Waals surface area contributed by atoms with E-state index in [4.69, 9.17) is 16.6 Å². The third-order valence-electron chi connectivity index (χ3n) is 4.06. The van der Waals surface area contributed by atoms with E-state index >= 15 is 0 Å². The number of hydrogen-bond donors (Lipinski definition) is 2. The van der Waals surface area contributed by atoms with Crippen molar-refractivity contribution in [2.24, 2.45) is 0 Å². The molecule has 8 heteroatoms. The van der Waals surface area contributed by atoms with Crippen LogP contribution in [0, 0.1) is 0 Å². The molecule has 0 bridgehead atoms. The van der Waals surface area contributed by atoms with Crippen molar-refractivity contribution < 1.29 is 14.0 Å². The number of halogens is 1. The zero-order valence-electron chi connectivity index (χ0n) is 15.5. The van der Waals surface area contributed by atoms with Crippen molar-refractivity contribution in [2.75, 3.05) is 16.8 Å². The Morgan fingerprint density at radius 1 is 1.03 bits per heavy atom. The van der Waals surface area contributed by atoms with Gasteiger partial charge in [-0.1, -0.05) is 30.3 Å². The lowest BCUT2D eigenvalue weighted by atomic mass is 10.1. The molecule has 3 aromatic rings. The Labute approximate surface area is 182 Å². The summed E-state index contributed by atoms with van der Waals surface area (Å²) in [5, 5.41) is 5.53. The van der Waals surface area contributed by atoms with E-state index in [1.165, 1.54) is 6.07 Å². The summed E-state index contributed by atoms with van der Waals surface area (Å²) in [6.07, 6.45) is 0. The first-order valence-corrected chi connectivity index (χ1v) is 10.0. The van der Waals surface area contributed by atoms with Crippen LogP contribution in [0.2, 0.25) is 0 Å². The highest BCUT2D eigenvalue weighted by molar-refractivity contribution is 9.10. The van der Waals surface area contributed by atoms with Gasteiger partial charge in [-0.3, -0.25) is 14.9 Å². The van der Waals surface area contributed by atoms with Crippen LogP contribution in [-0.4, -0.2) is 23.5 Å². The van der Waals surface area contributed by atoms with Gasteiger partial charge in [-0.05, 0) is 71.5 Å². The lowest BCUT2D eigenvalue weighted by Gasteiger charge is -2.22. The van der Waals surface area contributed by atoms with Crippen LogP contribution in [0.3, 0.4) is 0 Å². The van der Waals surface area contributed by atoms with Crippen molar-refractivity contribution in [1.82, 2.24) is 5.32 Å². The van der Waals surface area contributed by atoms with Crippen molar-refractivity contribution >= 4 is 56.4 Å². The average molecular weight is 472 g/mol. The average Bonchev–Trinajstić information content (AvgIpc) is 3.16. The van der Waals surface area contributed by atoms with Gasteiger partial charge in [0.25, 0.3) is 11.8 Å². The number of amides is 2. The highest BCUT2D eigenvalue weighted by Crippen LogP contribution is 2.22. The van der Waals surface area contributed by atoms with Gasteiger partial charge >= 0.3 is 0 Å².